The Balaban J connectivity index is 1.65. The zero-order chi connectivity index (χ0) is 19.2. The highest BCUT2D eigenvalue weighted by molar-refractivity contribution is 7.99. The van der Waals surface area contributed by atoms with Crippen LogP contribution in [0.1, 0.15) is 25.8 Å². The van der Waals surface area contributed by atoms with Crippen molar-refractivity contribution in [2.45, 2.75) is 32.0 Å². The molecule has 7 heteroatoms. The summed E-state index contributed by atoms with van der Waals surface area (Å²) in [6.07, 6.45) is 0.670. The van der Waals surface area contributed by atoms with Gasteiger partial charge in [0.05, 0.1) is 22.5 Å². The van der Waals surface area contributed by atoms with Gasteiger partial charge in [-0.3, -0.25) is 4.79 Å². The number of amides is 1. The lowest BCUT2D eigenvalue weighted by molar-refractivity contribution is -0.118. The topological polar surface area (TPSA) is 79.5 Å². The number of aromatic nitrogens is 2. The monoisotopic (exact) mass is 382 g/mol. The zero-order valence-corrected chi connectivity index (χ0v) is 16.2. The van der Waals surface area contributed by atoms with Gasteiger partial charge in [-0.15, -0.1) is 0 Å². The summed E-state index contributed by atoms with van der Waals surface area (Å²) in [6, 6.07) is 14.7. The number of rotatable bonds is 7. The molecule has 0 aliphatic carbocycles. The molecule has 1 aromatic heterocycles. The highest BCUT2D eigenvalue weighted by atomic mass is 32.2. The fourth-order valence-corrected chi connectivity index (χ4v) is 3.63. The number of aromatic hydroxyl groups is 1. The Hall–Kier alpha value is -2.80. The first-order valence-corrected chi connectivity index (χ1v) is 9.83. The zero-order valence-electron chi connectivity index (χ0n) is 15.3. The van der Waals surface area contributed by atoms with E-state index in [1.165, 1.54) is 11.8 Å². The minimum atomic E-state index is -0.181. The predicted molar refractivity (Wildman–Crippen MR) is 109 cm³/mol. The van der Waals surface area contributed by atoms with Gasteiger partial charge in [-0.1, -0.05) is 30.8 Å². The minimum Gasteiger partial charge on any atom is -0.508 e. The average molecular weight is 382 g/mol. The molecular formula is C20H22N4O2S. The number of hydrogen-bond donors (Lipinski definition) is 2. The van der Waals surface area contributed by atoms with Gasteiger partial charge in [0.1, 0.15) is 5.75 Å². The number of fused-ring (bicyclic) bond motifs is 1. The van der Waals surface area contributed by atoms with E-state index >= 15 is 0 Å². The summed E-state index contributed by atoms with van der Waals surface area (Å²) in [5.41, 5.74) is 6.25. The lowest BCUT2D eigenvalue weighted by Gasteiger charge is -2.07. The van der Waals surface area contributed by atoms with E-state index in [9.17, 15) is 9.90 Å². The maximum atomic E-state index is 12.2. The number of thioether (sulfide) groups is 1. The standard InChI is InChI=1S/C20H22N4O2S/c1-3-16(14-9-11-15(25)12-10-14)22-23-19(26)13-27-20-21-17-7-5-6-8-18(17)24(20)4-2/h5-12,25H,3-4,13H2,1-2H3,(H,23,26)/b22-16+. The first-order chi connectivity index (χ1) is 13.1. The Bertz CT molecular complexity index is 964. The number of nitrogens with zero attached hydrogens (tertiary/aromatic N) is 3. The number of imidazole rings is 1. The molecule has 0 aliphatic rings. The second kappa shape index (κ2) is 8.73. The molecule has 3 rings (SSSR count). The third-order valence-electron chi connectivity index (χ3n) is 4.12. The van der Waals surface area contributed by atoms with E-state index in [-0.39, 0.29) is 17.4 Å². The van der Waals surface area contributed by atoms with Crippen LogP contribution in [0.2, 0.25) is 0 Å². The molecule has 0 spiro atoms. The fourth-order valence-electron chi connectivity index (χ4n) is 2.76. The van der Waals surface area contributed by atoms with Gasteiger partial charge in [0, 0.05) is 6.54 Å². The summed E-state index contributed by atoms with van der Waals surface area (Å²) in [5.74, 6) is 0.257. The van der Waals surface area contributed by atoms with Crippen molar-refractivity contribution in [3.63, 3.8) is 0 Å². The van der Waals surface area contributed by atoms with E-state index in [0.717, 1.165) is 34.0 Å². The molecule has 0 unspecified atom stereocenters. The number of aryl methyl sites for hydroxylation is 1. The van der Waals surface area contributed by atoms with Crippen molar-refractivity contribution in [1.82, 2.24) is 15.0 Å². The highest BCUT2D eigenvalue weighted by Gasteiger charge is 2.12. The Labute approximate surface area is 162 Å². The van der Waals surface area contributed by atoms with Crippen LogP contribution < -0.4 is 5.43 Å². The molecule has 0 saturated carbocycles. The van der Waals surface area contributed by atoms with E-state index in [4.69, 9.17) is 0 Å². The number of hydrazone groups is 1. The molecule has 2 N–H and O–H groups in total. The molecule has 0 fully saturated rings. The SMILES string of the molecule is CC/C(=N\NC(=O)CSc1nc2ccccc2n1CC)c1ccc(O)cc1. The van der Waals surface area contributed by atoms with E-state index in [1.54, 1.807) is 24.3 Å². The Morgan fingerprint density at radius 1 is 1.19 bits per heavy atom. The molecule has 0 aliphatic heterocycles. The van der Waals surface area contributed by atoms with Crippen LogP contribution in [-0.4, -0.2) is 32.0 Å². The van der Waals surface area contributed by atoms with Crippen LogP contribution in [0.4, 0.5) is 0 Å². The second-order valence-corrected chi connectivity index (χ2v) is 6.85. The van der Waals surface area contributed by atoms with Gasteiger partial charge in [-0.25, -0.2) is 10.4 Å². The first-order valence-electron chi connectivity index (χ1n) is 8.85. The van der Waals surface area contributed by atoms with E-state index in [0.29, 0.717) is 6.42 Å². The van der Waals surface area contributed by atoms with Crippen LogP contribution >= 0.6 is 11.8 Å². The minimum absolute atomic E-state index is 0.181. The molecule has 6 nitrogen and oxygen atoms in total. The summed E-state index contributed by atoms with van der Waals surface area (Å²) >= 11 is 1.40. The number of carbonyl (C=O) groups is 1. The second-order valence-electron chi connectivity index (χ2n) is 5.91. The summed E-state index contributed by atoms with van der Waals surface area (Å²) < 4.78 is 2.10. The maximum Gasteiger partial charge on any atom is 0.250 e. The number of carbonyl (C=O) groups excluding carboxylic acids is 1. The van der Waals surface area contributed by atoms with Gasteiger partial charge in [0.15, 0.2) is 5.16 Å². The van der Waals surface area contributed by atoms with Gasteiger partial charge in [-0.05, 0) is 55.3 Å². The van der Waals surface area contributed by atoms with Gasteiger partial charge >= 0.3 is 0 Å². The van der Waals surface area contributed by atoms with Crippen LogP contribution in [0.25, 0.3) is 11.0 Å². The molecule has 0 radical (unpaired) electrons. The van der Waals surface area contributed by atoms with Crippen molar-refractivity contribution in [2.75, 3.05) is 5.75 Å². The van der Waals surface area contributed by atoms with Crippen molar-refractivity contribution in [3.05, 3.63) is 54.1 Å². The van der Waals surface area contributed by atoms with Crippen molar-refractivity contribution in [1.29, 1.82) is 0 Å². The third-order valence-corrected chi connectivity index (χ3v) is 5.10. The maximum absolute atomic E-state index is 12.2. The van der Waals surface area contributed by atoms with Crippen molar-refractivity contribution >= 4 is 34.4 Å². The molecule has 27 heavy (non-hydrogen) atoms. The predicted octanol–water partition coefficient (Wildman–Crippen LogP) is 3.78. The van der Waals surface area contributed by atoms with Crippen LogP contribution in [0.5, 0.6) is 5.75 Å². The number of hydrogen-bond acceptors (Lipinski definition) is 5. The molecule has 1 heterocycles. The number of phenolic OH excluding ortho intramolecular Hbond substituents is 1. The largest absolute Gasteiger partial charge is 0.508 e. The normalized spacial score (nSPS) is 11.7. The summed E-state index contributed by atoms with van der Waals surface area (Å²) in [5, 5.41) is 14.4. The van der Waals surface area contributed by atoms with E-state index < -0.39 is 0 Å². The van der Waals surface area contributed by atoms with Gasteiger partial charge in [0.2, 0.25) is 0 Å². The van der Waals surface area contributed by atoms with Crippen molar-refractivity contribution < 1.29 is 9.90 Å². The third kappa shape index (κ3) is 4.49. The number of benzene rings is 2. The van der Waals surface area contributed by atoms with Crippen LogP contribution in [0.15, 0.2) is 58.8 Å². The quantitative estimate of drug-likeness (QED) is 0.370. The van der Waals surface area contributed by atoms with Crippen LogP contribution in [0.3, 0.4) is 0 Å². The molecule has 2 aromatic carbocycles. The fraction of sp³-hybridized carbons (Fsp3) is 0.250. The van der Waals surface area contributed by atoms with E-state index in [2.05, 4.69) is 27.0 Å². The van der Waals surface area contributed by atoms with Gasteiger partial charge in [-0.2, -0.15) is 5.10 Å². The summed E-state index contributed by atoms with van der Waals surface area (Å²) in [6.45, 7) is 4.83. The molecule has 0 atom stereocenters. The van der Waals surface area contributed by atoms with Crippen LogP contribution in [-0.2, 0) is 11.3 Å². The Kier molecular flexibility index (Phi) is 6.13. The molecule has 1 amide bonds. The molecule has 3 aromatic rings. The number of phenols is 1. The lowest BCUT2D eigenvalue weighted by atomic mass is 10.1. The van der Waals surface area contributed by atoms with Crippen molar-refractivity contribution in [2.24, 2.45) is 5.10 Å². The van der Waals surface area contributed by atoms with Crippen molar-refractivity contribution in [3.8, 4) is 5.75 Å². The van der Waals surface area contributed by atoms with Crippen LogP contribution in [0, 0.1) is 0 Å². The number of nitrogens with one attached hydrogen (secondary N) is 1. The molecule has 140 valence electrons. The summed E-state index contributed by atoms with van der Waals surface area (Å²) in [7, 11) is 0. The van der Waals surface area contributed by atoms with Gasteiger partial charge in [0.25, 0.3) is 5.91 Å². The first kappa shape index (κ1) is 19.0. The smallest absolute Gasteiger partial charge is 0.250 e. The summed E-state index contributed by atoms with van der Waals surface area (Å²) in [4.78, 5) is 16.8. The van der Waals surface area contributed by atoms with E-state index in [1.807, 2.05) is 31.2 Å². The van der Waals surface area contributed by atoms with Gasteiger partial charge < -0.3 is 9.67 Å². The lowest BCUT2D eigenvalue weighted by Crippen LogP contribution is -2.22. The Morgan fingerprint density at radius 2 is 1.93 bits per heavy atom. The Morgan fingerprint density at radius 3 is 2.63 bits per heavy atom. The molecule has 0 saturated heterocycles. The molecule has 0 bridgehead atoms. The number of para-hydroxylation sites is 2. The molecular weight excluding hydrogens is 360 g/mol. The average Bonchev–Trinajstić information content (AvgIpc) is 3.05. The highest BCUT2D eigenvalue weighted by Crippen LogP contribution is 2.23.